The Labute approximate surface area is 72.8 Å². The normalized spacial score (nSPS) is 9.55. The zero-order valence-corrected chi connectivity index (χ0v) is 7.48. The van der Waals surface area contributed by atoms with E-state index in [-0.39, 0.29) is 5.96 Å². The first-order valence-corrected chi connectivity index (χ1v) is 4.42. The molecule has 0 saturated heterocycles. The van der Waals surface area contributed by atoms with E-state index in [1.807, 2.05) is 0 Å². The van der Waals surface area contributed by atoms with Gasteiger partial charge in [-0.1, -0.05) is 12.8 Å². The van der Waals surface area contributed by atoms with Crippen LogP contribution in [-0.2, 0) is 0 Å². The van der Waals surface area contributed by atoms with Crippen LogP contribution in [0.15, 0.2) is 4.99 Å². The van der Waals surface area contributed by atoms with Crippen LogP contribution in [0, 0.1) is 0 Å². The highest BCUT2D eigenvalue weighted by Crippen LogP contribution is 2.00. The minimum atomic E-state index is 0.183. The van der Waals surface area contributed by atoms with Crippen molar-refractivity contribution in [3.05, 3.63) is 0 Å². The third-order valence-corrected chi connectivity index (χ3v) is 1.60. The number of nitrogens with two attached hydrogens (primary N) is 2. The lowest BCUT2D eigenvalue weighted by molar-refractivity contribution is 0.677. The number of guanidine groups is 1. The van der Waals surface area contributed by atoms with Crippen LogP contribution in [0.5, 0.6) is 0 Å². The van der Waals surface area contributed by atoms with Crippen molar-refractivity contribution < 1.29 is 0 Å². The van der Waals surface area contributed by atoms with Gasteiger partial charge in [-0.2, -0.15) is 0 Å². The number of aliphatic imine (C=N–C) groups is 1. The molecule has 0 spiro atoms. The van der Waals surface area contributed by atoms with Gasteiger partial charge < -0.3 is 11.5 Å². The summed E-state index contributed by atoms with van der Waals surface area (Å²) in [6.07, 6.45) is 4.46. The Morgan fingerprint density at radius 2 is 1.73 bits per heavy atom. The summed E-state index contributed by atoms with van der Waals surface area (Å²) in [5, 5.41) is 0. The maximum atomic E-state index is 5.50. The van der Waals surface area contributed by atoms with Crippen molar-refractivity contribution in [2.24, 2.45) is 16.5 Å². The molecule has 0 amide bonds. The van der Waals surface area contributed by atoms with Crippen molar-refractivity contribution in [3.8, 4) is 0 Å². The van der Waals surface area contributed by atoms with Crippen LogP contribution in [0.3, 0.4) is 0 Å². The summed E-state index contributed by atoms with van der Waals surface area (Å²) >= 11 is 5.50. The summed E-state index contributed by atoms with van der Waals surface area (Å²) < 4.78 is 0. The minimum Gasteiger partial charge on any atom is -0.370 e. The van der Waals surface area contributed by atoms with Gasteiger partial charge in [-0.25, -0.2) is 0 Å². The second-order valence-corrected chi connectivity index (χ2v) is 2.79. The Morgan fingerprint density at radius 1 is 1.09 bits per heavy atom. The van der Waals surface area contributed by atoms with Crippen molar-refractivity contribution >= 4 is 17.6 Å². The van der Waals surface area contributed by atoms with Gasteiger partial charge in [0.15, 0.2) is 5.96 Å². The summed E-state index contributed by atoms with van der Waals surface area (Å²) in [7, 11) is 0. The van der Waals surface area contributed by atoms with Gasteiger partial charge in [-0.3, -0.25) is 4.99 Å². The molecular weight excluding hydrogens is 162 g/mol. The number of unbranched alkanes of at least 4 members (excludes halogenated alkanes) is 3. The number of nitrogens with zero attached hydrogens (tertiary/aromatic N) is 1. The van der Waals surface area contributed by atoms with Gasteiger partial charge in [0.25, 0.3) is 0 Å². The molecule has 0 bridgehead atoms. The molecule has 4 N–H and O–H groups in total. The molecule has 0 rings (SSSR count). The lowest BCUT2D eigenvalue weighted by atomic mass is 10.2. The summed E-state index contributed by atoms with van der Waals surface area (Å²) in [6.45, 7) is 0.741. The average molecular weight is 178 g/mol. The van der Waals surface area contributed by atoms with E-state index in [0.717, 1.165) is 31.7 Å². The Kier molecular flexibility index (Phi) is 7.36. The third kappa shape index (κ3) is 9.56. The predicted molar refractivity (Wildman–Crippen MR) is 49.9 cm³/mol. The number of halogens is 1. The maximum Gasteiger partial charge on any atom is 0.185 e. The fraction of sp³-hybridized carbons (Fsp3) is 0.857. The van der Waals surface area contributed by atoms with Crippen molar-refractivity contribution in [1.29, 1.82) is 0 Å². The second kappa shape index (κ2) is 7.66. The molecule has 0 fully saturated rings. The van der Waals surface area contributed by atoms with Gasteiger partial charge >= 0.3 is 0 Å². The van der Waals surface area contributed by atoms with E-state index in [9.17, 15) is 0 Å². The van der Waals surface area contributed by atoms with Gasteiger partial charge in [0, 0.05) is 12.4 Å². The van der Waals surface area contributed by atoms with E-state index in [1.165, 1.54) is 6.42 Å². The molecule has 4 heteroatoms. The highest BCUT2D eigenvalue weighted by Gasteiger charge is 1.87. The SMILES string of the molecule is NC(N)=NCCCCCCCl. The van der Waals surface area contributed by atoms with E-state index >= 15 is 0 Å². The van der Waals surface area contributed by atoms with Crippen molar-refractivity contribution in [2.45, 2.75) is 25.7 Å². The highest BCUT2D eigenvalue weighted by atomic mass is 35.5. The number of alkyl halides is 1. The van der Waals surface area contributed by atoms with E-state index in [0.29, 0.717) is 0 Å². The quantitative estimate of drug-likeness (QED) is 0.276. The monoisotopic (exact) mass is 177 g/mol. The molecule has 0 unspecified atom stereocenters. The van der Waals surface area contributed by atoms with Crippen LogP contribution in [0.2, 0.25) is 0 Å². The third-order valence-electron chi connectivity index (χ3n) is 1.34. The number of rotatable bonds is 6. The maximum absolute atomic E-state index is 5.50. The van der Waals surface area contributed by atoms with E-state index in [2.05, 4.69) is 4.99 Å². The molecule has 0 aromatic heterocycles. The van der Waals surface area contributed by atoms with Crippen LogP contribution >= 0.6 is 11.6 Å². The number of hydrogen-bond acceptors (Lipinski definition) is 1. The molecule has 0 aromatic rings. The molecule has 0 radical (unpaired) electrons. The Bertz CT molecular complexity index is 110. The van der Waals surface area contributed by atoms with Crippen LogP contribution in [0.1, 0.15) is 25.7 Å². The smallest absolute Gasteiger partial charge is 0.185 e. The Balaban J connectivity index is 2.97. The minimum absolute atomic E-state index is 0.183. The van der Waals surface area contributed by atoms with Crippen LogP contribution in [-0.4, -0.2) is 18.4 Å². The Hall–Kier alpha value is -0.440. The molecule has 0 saturated carbocycles. The van der Waals surface area contributed by atoms with Crippen LogP contribution in [0.25, 0.3) is 0 Å². The molecule has 11 heavy (non-hydrogen) atoms. The largest absolute Gasteiger partial charge is 0.370 e. The zero-order chi connectivity index (χ0) is 8.53. The average Bonchev–Trinajstić information content (AvgIpc) is 1.96. The fourth-order valence-corrected chi connectivity index (χ4v) is 0.957. The molecule has 0 atom stereocenters. The second-order valence-electron chi connectivity index (χ2n) is 2.41. The molecular formula is C7H16ClN3. The van der Waals surface area contributed by atoms with Gasteiger partial charge in [-0.15, -0.1) is 11.6 Å². The number of hydrogen-bond donors (Lipinski definition) is 2. The molecule has 0 aliphatic heterocycles. The first-order valence-electron chi connectivity index (χ1n) is 3.88. The molecule has 66 valence electrons. The lowest BCUT2D eigenvalue weighted by Gasteiger charge is -1.95. The molecule has 0 aliphatic rings. The first-order chi connectivity index (χ1) is 5.27. The van der Waals surface area contributed by atoms with Gasteiger partial charge in [0.05, 0.1) is 0 Å². The summed E-state index contributed by atoms with van der Waals surface area (Å²) in [5.74, 6) is 0.935. The fourth-order valence-electron chi connectivity index (χ4n) is 0.768. The van der Waals surface area contributed by atoms with Crippen molar-refractivity contribution in [3.63, 3.8) is 0 Å². The van der Waals surface area contributed by atoms with E-state index < -0.39 is 0 Å². The molecule has 0 heterocycles. The van der Waals surface area contributed by atoms with Gasteiger partial charge in [0.2, 0.25) is 0 Å². The van der Waals surface area contributed by atoms with Gasteiger partial charge in [0.1, 0.15) is 0 Å². The topological polar surface area (TPSA) is 64.4 Å². The van der Waals surface area contributed by atoms with E-state index in [1.54, 1.807) is 0 Å². The van der Waals surface area contributed by atoms with Crippen molar-refractivity contribution in [2.75, 3.05) is 12.4 Å². The van der Waals surface area contributed by atoms with Gasteiger partial charge in [-0.05, 0) is 12.8 Å². The van der Waals surface area contributed by atoms with Crippen LogP contribution in [0.4, 0.5) is 0 Å². The molecule has 0 aliphatic carbocycles. The zero-order valence-electron chi connectivity index (χ0n) is 6.72. The molecule has 0 aromatic carbocycles. The van der Waals surface area contributed by atoms with E-state index in [4.69, 9.17) is 23.1 Å². The highest BCUT2D eigenvalue weighted by molar-refractivity contribution is 6.17. The summed E-state index contributed by atoms with van der Waals surface area (Å²) in [4.78, 5) is 3.86. The summed E-state index contributed by atoms with van der Waals surface area (Å²) in [6, 6.07) is 0. The predicted octanol–water partition coefficient (Wildman–Crippen LogP) is 1.06. The van der Waals surface area contributed by atoms with Crippen LogP contribution < -0.4 is 11.5 Å². The molecule has 3 nitrogen and oxygen atoms in total. The standard InChI is InChI=1S/C7H16ClN3/c8-5-3-1-2-4-6-11-7(9)10/h1-6H2,(H4,9,10,11). The lowest BCUT2D eigenvalue weighted by Crippen LogP contribution is -2.22. The first kappa shape index (κ1) is 10.6. The Morgan fingerprint density at radius 3 is 2.27 bits per heavy atom. The summed E-state index contributed by atoms with van der Waals surface area (Å²) in [5.41, 5.74) is 10.3. The van der Waals surface area contributed by atoms with Crippen molar-refractivity contribution in [1.82, 2.24) is 0 Å².